The van der Waals surface area contributed by atoms with E-state index in [1.165, 1.54) is 11.9 Å². The van der Waals surface area contributed by atoms with Crippen LogP contribution in [0.15, 0.2) is 42.7 Å². The zero-order chi connectivity index (χ0) is 16.2. The molecule has 0 bridgehead atoms. The number of hydrogen-bond acceptors (Lipinski definition) is 5. The molecular formula is C18H18N2O3. The van der Waals surface area contributed by atoms with E-state index in [1.54, 1.807) is 14.2 Å². The van der Waals surface area contributed by atoms with E-state index in [-0.39, 0.29) is 0 Å². The zero-order valence-corrected chi connectivity index (χ0v) is 13.4. The Morgan fingerprint density at radius 3 is 2.26 bits per heavy atom. The van der Waals surface area contributed by atoms with Crippen LogP contribution in [0.2, 0.25) is 0 Å². The fourth-order valence-electron chi connectivity index (χ4n) is 2.35. The molecule has 5 nitrogen and oxygen atoms in total. The smallest absolute Gasteiger partial charge is 0.230 e. The van der Waals surface area contributed by atoms with Gasteiger partial charge in [-0.15, -0.1) is 0 Å². The van der Waals surface area contributed by atoms with Gasteiger partial charge in [0.25, 0.3) is 0 Å². The molecule has 1 aromatic heterocycles. The van der Waals surface area contributed by atoms with Crippen molar-refractivity contribution in [2.45, 2.75) is 13.3 Å². The van der Waals surface area contributed by atoms with Gasteiger partial charge >= 0.3 is 0 Å². The van der Waals surface area contributed by atoms with Crippen LogP contribution in [0.25, 0.3) is 10.9 Å². The molecule has 1 heterocycles. The monoisotopic (exact) mass is 310 g/mol. The predicted molar refractivity (Wildman–Crippen MR) is 88.5 cm³/mol. The summed E-state index contributed by atoms with van der Waals surface area (Å²) in [5.41, 5.74) is 1.99. The third kappa shape index (κ3) is 3.04. The van der Waals surface area contributed by atoms with Crippen molar-refractivity contribution in [2.75, 3.05) is 14.2 Å². The van der Waals surface area contributed by atoms with Crippen LogP contribution in [0.1, 0.15) is 12.5 Å². The minimum absolute atomic E-state index is 0.486. The summed E-state index contributed by atoms with van der Waals surface area (Å²) in [6, 6.07) is 11.6. The number of rotatable bonds is 5. The molecule has 0 spiro atoms. The quantitative estimate of drug-likeness (QED) is 0.713. The molecule has 0 atom stereocenters. The van der Waals surface area contributed by atoms with Crippen molar-refractivity contribution in [3.63, 3.8) is 0 Å². The second-order valence-electron chi connectivity index (χ2n) is 5.00. The summed E-state index contributed by atoms with van der Waals surface area (Å²) in [5.74, 6) is 2.45. The molecule has 0 radical (unpaired) electrons. The third-order valence-corrected chi connectivity index (χ3v) is 3.65. The van der Waals surface area contributed by atoms with E-state index >= 15 is 0 Å². The fraction of sp³-hybridized carbons (Fsp3) is 0.222. The molecule has 0 aliphatic carbocycles. The molecular weight excluding hydrogens is 292 g/mol. The van der Waals surface area contributed by atoms with Crippen molar-refractivity contribution in [2.24, 2.45) is 0 Å². The van der Waals surface area contributed by atoms with Gasteiger partial charge < -0.3 is 14.2 Å². The van der Waals surface area contributed by atoms with E-state index < -0.39 is 0 Å². The van der Waals surface area contributed by atoms with Gasteiger partial charge in [0.15, 0.2) is 11.5 Å². The molecule has 5 heteroatoms. The van der Waals surface area contributed by atoms with E-state index in [0.717, 1.165) is 23.1 Å². The molecule has 0 saturated carbocycles. The molecule has 0 amide bonds. The summed E-state index contributed by atoms with van der Waals surface area (Å²) in [6.07, 6.45) is 2.47. The minimum Gasteiger partial charge on any atom is -0.493 e. The highest BCUT2D eigenvalue weighted by atomic mass is 16.5. The Balaban J connectivity index is 2.02. The molecule has 118 valence electrons. The topological polar surface area (TPSA) is 53.5 Å². The first-order valence-electron chi connectivity index (χ1n) is 7.38. The van der Waals surface area contributed by atoms with E-state index in [2.05, 4.69) is 16.9 Å². The van der Waals surface area contributed by atoms with Crippen molar-refractivity contribution in [1.29, 1.82) is 0 Å². The lowest BCUT2D eigenvalue weighted by atomic mass is 10.2. The number of fused-ring (bicyclic) bond motifs is 1. The summed E-state index contributed by atoms with van der Waals surface area (Å²) in [7, 11) is 3.19. The Morgan fingerprint density at radius 1 is 0.913 bits per heavy atom. The number of hydrogen-bond donors (Lipinski definition) is 0. The lowest BCUT2D eigenvalue weighted by molar-refractivity contribution is 0.355. The minimum atomic E-state index is 0.486. The molecule has 3 rings (SSSR count). The van der Waals surface area contributed by atoms with E-state index in [9.17, 15) is 0 Å². The van der Waals surface area contributed by atoms with Crippen molar-refractivity contribution < 1.29 is 14.2 Å². The first-order chi connectivity index (χ1) is 11.2. The lowest BCUT2D eigenvalue weighted by Gasteiger charge is -2.11. The van der Waals surface area contributed by atoms with E-state index in [0.29, 0.717) is 17.4 Å². The highest BCUT2D eigenvalue weighted by Crippen LogP contribution is 2.35. The van der Waals surface area contributed by atoms with Gasteiger partial charge in [-0.3, -0.25) is 0 Å². The molecule has 0 aliphatic rings. The second-order valence-corrected chi connectivity index (χ2v) is 5.00. The van der Waals surface area contributed by atoms with Crippen LogP contribution in [-0.4, -0.2) is 24.2 Å². The summed E-state index contributed by atoms with van der Waals surface area (Å²) in [6.45, 7) is 2.12. The van der Waals surface area contributed by atoms with E-state index in [1.807, 2.05) is 36.4 Å². The van der Waals surface area contributed by atoms with Crippen molar-refractivity contribution >= 4 is 10.9 Å². The summed E-state index contributed by atoms with van der Waals surface area (Å²) < 4.78 is 16.6. The highest BCUT2D eigenvalue weighted by molar-refractivity contribution is 5.86. The van der Waals surface area contributed by atoms with Crippen molar-refractivity contribution in [3.05, 3.63) is 48.3 Å². The number of aryl methyl sites for hydroxylation is 1. The van der Waals surface area contributed by atoms with Gasteiger partial charge in [-0.1, -0.05) is 19.1 Å². The SMILES string of the molecule is CCc1ccc(Oc2ncnc3cc(OC)c(OC)cc23)cc1. The van der Waals surface area contributed by atoms with Gasteiger partial charge in [0.1, 0.15) is 12.1 Å². The Kier molecular flexibility index (Phi) is 4.28. The summed E-state index contributed by atoms with van der Waals surface area (Å²) in [5, 5.41) is 0.768. The Morgan fingerprint density at radius 2 is 1.61 bits per heavy atom. The number of methoxy groups -OCH3 is 2. The Hall–Kier alpha value is -2.82. The number of benzene rings is 2. The predicted octanol–water partition coefficient (Wildman–Crippen LogP) is 4.00. The average Bonchev–Trinajstić information content (AvgIpc) is 2.61. The van der Waals surface area contributed by atoms with Crippen molar-refractivity contribution in [3.8, 4) is 23.1 Å². The normalized spacial score (nSPS) is 10.6. The molecule has 0 saturated heterocycles. The maximum atomic E-state index is 5.92. The summed E-state index contributed by atoms with van der Waals surface area (Å²) in [4.78, 5) is 8.51. The number of ether oxygens (including phenoxy) is 3. The molecule has 0 aliphatic heterocycles. The largest absolute Gasteiger partial charge is 0.493 e. The maximum absolute atomic E-state index is 5.92. The number of nitrogens with zero attached hydrogens (tertiary/aromatic N) is 2. The van der Waals surface area contributed by atoms with Crippen LogP contribution in [0.4, 0.5) is 0 Å². The first-order valence-corrected chi connectivity index (χ1v) is 7.38. The second kappa shape index (κ2) is 6.52. The molecule has 0 N–H and O–H groups in total. The van der Waals surface area contributed by atoms with Gasteiger partial charge in [-0.05, 0) is 30.2 Å². The van der Waals surface area contributed by atoms with E-state index in [4.69, 9.17) is 14.2 Å². The first kappa shape index (κ1) is 15.1. The Bertz CT molecular complexity index is 816. The third-order valence-electron chi connectivity index (χ3n) is 3.65. The molecule has 3 aromatic rings. The maximum Gasteiger partial charge on any atom is 0.230 e. The fourth-order valence-corrected chi connectivity index (χ4v) is 2.35. The van der Waals surface area contributed by atoms with Crippen LogP contribution < -0.4 is 14.2 Å². The van der Waals surface area contributed by atoms with Crippen LogP contribution in [0.5, 0.6) is 23.1 Å². The Labute approximate surface area is 134 Å². The highest BCUT2D eigenvalue weighted by Gasteiger charge is 2.12. The van der Waals surface area contributed by atoms with Gasteiger partial charge in [0, 0.05) is 6.07 Å². The number of aromatic nitrogens is 2. The van der Waals surface area contributed by atoms with Crippen molar-refractivity contribution in [1.82, 2.24) is 9.97 Å². The van der Waals surface area contributed by atoms with Gasteiger partial charge in [-0.2, -0.15) is 0 Å². The standard InChI is InChI=1S/C18H18N2O3/c1-4-12-5-7-13(8-6-12)23-18-14-9-16(21-2)17(22-3)10-15(14)19-11-20-18/h5-11H,4H2,1-3H3. The van der Waals surface area contributed by atoms with Crippen LogP contribution in [0, 0.1) is 0 Å². The lowest BCUT2D eigenvalue weighted by Crippen LogP contribution is -1.95. The zero-order valence-electron chi connectivity index (χ0n) is 13.4. The van der Waals surface area contributed by atoms with Crippen LogP contribution in [-0.2, 0) is 6.42 Å². The molecule has 23 heavy (non-hydrogen) atoms. The van der Waals surface area contributed by atoms with Gasteiger partial charge in [0.2, 0.25) is 5.88 Å². The van der Waals surface area contributed by atoms with Gasteiger partial charge in [0.05, 0.1) is 25.1 Å². The average molecular weight is 310 g/mol. The molecule has 0 unspecified atom stereocenters. The molecule has 2 aromatic carbocycles. The van der Waals surface area contributed by atoms with Crippen LogP contribution >= 0.6 is 0 Å². The summed E-state index contributed by atoms with van der Waals surface area (Å²) >= 11 is 0. The van der Waals surface area contributed by atoms with Crippen LogP contribution in [0.3, 0.4) is 0 Å². The van der Waals surface area contributed by atoms with Gasteiger partial charge in [-0.25, -0.2) is 9.97 Å². The molecule has 0 fully saturated rings.